The number of benzene rings is 1. The lowest BCUT2D eigenvalue weighted by Gasteiger charge is -2.10. The molecule has 1 aromatic carbocycles. The van der Waals surface area contributed by atoms with E-state index in [4.69, 9.17) is 4.42 Å². The molecule has 0 aliphatic rings. The summed E-state index contributed by atoms with van der Waals surface area (Å²) >= 11 is 0. The number of aromatic nitrogens is 2. The van der Waals surface area contributed by atoms with Gasteiger partial charge in [0.2, 0.25) is 0 Å². The summed E-state index contributed by atoms with van der Waals surface area (Å²) in [5.41, 5.74) is 0.258. The highest BCUT2D eigenvalue weighted by atomic mass is 19.1. The first-order chi connectivity index (χ1) is 9.29. The molecule has 0 aliphatic heterocycles. The van der Waals surface area contributed by atoms with Gasteiger partial charge in [-0.3, -0.25) is 0 Å². The van der Waals surface area contributed by atoms with Gasteiger partial charge in [-0.15, -0.1) is 0 Å². The molecule has 4 nitrogen and oxygen atoms in total. The molecule has 0 saturated heterocycles. The summed E-state index contributed by atoms with van der Waals surface area (Å²) < 4.78 is 19.2. The lowest BCUT2D eigenvalue weighted by Crippen LogP contribution is -2.19. The molecule has 1 unspecified atom stereocenters. The fourth-order valence-electron chi connectivity index (χ4n) is 2.05. The van der Waals surface area contributed by atoms with Crippen molar-refractivity contribution in [3.05, 3.63) is 60.1 Å². The van der Waals surface area contributed by atoms with Crippen LogP contribution in [0.15, 0.2) is 47.1 Å². The third kappa shape index (κ3) is 2.08. The van der Waals surface area contributed by atoms with Gasteiger partial charge in [0.1, 0.15) is 11.8 Å². The Hall–Kier alpha value is -2.27. The molecule has 1 atom stereocenters. The van der Waals surface area contributed by atoms with Crippen molar-refractivity contribution in [1.29, 1.82) is 0 Å². The molecule has 5 heteroatoms. The van der Waals surface area contributed by atoms with Crippen LogP contribution < -0.4 is 5.32 Å². The zero-order valence-corrected chi connectivity index (χ0v) is 10.3. The number of fused-ring (bicyclic) bond motifs is 1. The Morgan fingerprint density at radius 2 is 2.00 bits per heavy atom. The van der Waals surface area contributed by atoms with Crippen LogP contribution in [0.1, 0.15) is 17.6 Å². The molecule has 0 aliphatic carbocycles. The Kier molecular flexibility index (Phi) is 2.97. The minimum absolute atomic E-state index is 0.258. The zero-order chi connectivity index (χ0) is 13.2. The Labute approximate surface area is 109 Å². The van der Waals surface area contributed by atoms with Crippen LogP contribution >= 0.6 is 0 Å². The summed E-state index contributed by atoms with van der Waals surface area (Å²) in [7, 11) is 1.78. The summed E-state index contributed by atoms with van der Waals surface area (Å²) in [6.45, 7) is 0. The van der Waals surface area contributed by atoms with Gasteiger partial charge in [-0.2, -0.15) is 0 Å². The second-order valence-corrected chi connectivity index (χ2v) is 4.14. The van der Waals surface area contributed by atoms with Crippen LogP contribution in [0.25, 0.3) is 11.0 Å². The van der Waals surface area contributed by atoms with E-state index in [-0.39, 0.29) is 17.4 Å². The van der Waals surface area contributed by atoms with Gasteiger partial charge in [-0.05, 0) is 25.2 Å². The fraction of sp³-hybridized carbons (Fsp3) is 0.143. The number of para-hydroxylation sites is 1. The predicted octanol–water partition coefficient (Wildman–Crippen LogP) is 2.67. The van der Waals surface area contributed by atoms with E-state index in [0.717, 1.165) is 5.39 Å². The van der Waals surface area contributed by atoms with Gasteiger partial charge in [-0.1, -0.05) is 12.1 Å². The molecule has 2 aromatic heterocycles. The van der Waals surface area contributed by atoms with E-state index >= 15 is 0 Å². The second kappa shape index (κ2) is 4.78. The first kappa shape index (κ1) is 11.8. The first-order valence-electron chi connectivity index (χ1n) is 5.91. The number of rotatable bonds is 3. The maximum atomic E-state index is 13.6. The summed E-state index contributed by atoms with van der Waals surface area (Å²) in [4.78, 5) is 8.38. The third-order valence-corrected chi connectivity index (χ3v) is 2.93. The van der Waals surface area contributed by atoms with Crippen molar-refractivity contribution in [2.45, 2.75) is 6.04 Å². The number of halogens is 1. The quantitative estimate of drug-likeness (QED) is 0.783. The smallest absolute Gasteiger partial charge is 0.169 e. The van der Waals surface area contributed by atoms with E-state index in [1.165, 1.54) is 6.07 Å². The molecule has 0 amide bonds. The highest BCUT2D eigenvalue weighted by Gasteiger charge is 2.20. The monoisotopic (exact) mass is 257 g/mol. The maximum absolute atomic E-state index is 13.6. The minimum atomic E-state index is -0.368. The SMILES string of the molecule is CNC(c1ncccn1)c1cc2cccc(F)c2o1. The molecule has 0 bridgehead atoms. The van der Waals surface area contributed by atoms with Crippen molar-refractivity contribution in [2.24, 2.45) is 0 Å². The normalized spacial score (nSPS) is 12.7. The van der Waals surface area contributed by atoms with E-state index in [2.05, 4.69) is 15.3 Å². The van der Waals surface area contributed by atoms with Gasteiger partial charge in [0.05, 0.1) is 0 Å². The Morgan fingerprint density at radius 3 is 2.68 bits per heavy atom. The fourth-order valence-corrected chi connectivity index (χ4v) is 2.05. The highest BCUT2D eigenvalue weighted by Crippen LogP contribution is 2.27. The van der Waals surface area contributed by atoms with Crippen molar-refractivity contribution < 1.29 is 8.81 Å². The van der Waals surface area contributed by atoms with Crippen LogP contribution in [-0.4, -0.2) is 17.0 Å². The molecule has 0 radical (unpaired) electrons. The lowest BCUT2D eigenvalue weighted by molar-refractivity contribution is 0.466. The molecule has 19 heavy (non-hydrogen) atoms. The van der Waals surface area contributed by atoms with Crippen LogP contribution in [0.2, 0.25) is 0 Å². The topological polar surface area (TPSA) is 51.0 Å². The molecule has 3 aromatic rings. The van der Waals surface area contributed by atoms with E-state index in [0.29, 0.717) is 11.6 Å². The van der Waals surface area contributed by atoms with Crippen molar-refractivity contribution in [3.63, 3.8) is 0 Å². The maximum Gasteiger partial charge on any atom is 0.169 e. The minimum Gasteiger partial charge on any atom is -0.456 e. The Balaban J connectivity index is 2.09. The van der Waals surface area contributed by atoms with Crippen molar-refractivity contribution in [1.82, 2.24) is 15.3 Å². The molecule has 0 spiro atoms. The molecule has 3 rings (SSSR count). The van der Waals surface area contributed by atoms with Crippen LogP contribution in [-0.2, 0) is 0 Å². The summed E-state index contributed by atoms with van der Waals surface area (Å²) in [5, 5.41) is 3.80. The van der Waals surface area contributed by atoms with E-state index in [1.807, 2.05) is 6.07 Å². The number of nitrogens with zero attached hydrogens (tertiary/aromatic N) is 2. The van der Waals surface area contributed by atoms with Gasteiger partial charge in [0.25, 0.3) is 0 Å². The van der Waals surface area contributed by atoms with Gasteiger partial charge in [-0.25, -0.2) is 14.4 Å². The molecule has 0 fully saturated rings. The molecular formula is C14H12FN3O. The number of furan rings is 1. The van der Waals surface area contributed by atoms with Crippen LogP contribution in [0, 0.1) is 5.82 Å². The van der Waals surface area contributed by atoms with Gasteiger partial charge >= 0.3 is 0 Å². The molecule has 2 heterocycles. The molecule has 0 saturated carbocycles. The number of nitrogens with one attached hydrogen (secondary N) is 1. The predicted molar refractivity (Wildman–Crippen MR) is 69.1 cm³/mol. The first-order valence-corrected chi connectivity index (χ1v) is 5.91. The Morgan fingerprint density at radius 1 is 1.21 bits per heavy atom. The van der Waals surface area contributed by atoms with Crippen LogP contribution in [0.4, 0.5) is 4.39 Å². The summed E-state index contributed by atoms with van der Waals surface area (Å²) in [6, 6.07) is 8.09. The van der Waals surface area contributed by atoms with E-state index in [1.54, 1.807) is 37.6 Å². The molecular weight excluding hydrogens is 245 g/mol. The standard InChI is InChI=1S/C14H12FN3O/c1-16-12(14-17-6-3-7-18-14)11-8-9-4-2-5-10(15)13(9)19-11/h2-8,12,16H,1H3. The van der Waals surface area contributed by atoms with Crippen molar-refractivity contribution >= 4 is 11.0 Å². The summed E-state index contributed by atoms with van der Waals surface area (Å²) in [5.74, 6) is 0.811. The van der Waals surface area contributed by atoms with Crippen molar-refractivity contribution in [2.75, 3.05) is 7.05 Å². The van der Waals surface area contributed by atoms with Gasteiger partial charge < -0.3 is 9.73 Å². The average molecular weight is 257 g/mol. The molecule has 1 N–H and O–H groups in total. The lowest BCUT2D eigenvalue weighted by atomic mass is 10.2. The van der Waals surface area contributed by atoms with Gasteiger partial charge in [0, 0.05) is 17.8 Å². The van der Waals surface area contributed by atoms with Crippen LogP contribution in [0.5, 0.6) is 0 Å². The Bertz CT molecular complexity index is 696. The largest absolute Gasteiger partial charge is 0.456 e. The zero-order valence-electron chi connectivity index (χ0n) is 10.3. The van der Waals surface area contributed by atoms with E-state index < -0.39 is 0 Å². The number of hydrogen-bond donors (Lipinski definition) is 1. The van der Waals surface area contributed by atoms with Crippen LogP contribution in [0.3, 0.4) is 0 Å². The summed E-state index contributed by atoms with van der Waals surface area (Å²) in [6.07, 6.45) is 3.33. The second-order valence-electron chi connectivity index (χ2n) is 4.14. The van der Waals surface area contributed by atoms with E-state index in [9.17, 15) is 4.39 Å². The van der Waals surface area contributed by atoms with Gasteiger partial charge in [0.15, 0.2) is 17.2 Å². The molecule has 96 valence electrons. The number of hydrogen-bond acceptors (Lipinski definition) is 4. The average Bonchev–Trinajstić information content (AvgIpc) is 2.86. The third-order valence-electron chi connectivity index (χ3n) is 2.93. The highest BCUT2D eigenvalue weighted by molar-refractivity contribution is 5.78. The van der Waals surface area contributed by atoms with Crippen molar-refractivity contribution in [3.8, 4) is 0 Å².